The highest BCUT2D eigenvalue weighted by Gasteiger charge is 2.21. The Morgan fingerprint density at radius 1 is 1.04 bits per heavy atom. The molecule has 1 aliphatic heterocycles. The van der Waals surface area contributed by atoms with Crippen molar-refractivity contribution in [3.8, 4) is 11.8 Å². The first-order valence-corrected chi connectivity index (χ1v) is 8.45. The van der Waals surface area contributed by atoms with Gasteiger partial charge >= 0.3 is 0 Å². The first-order valence-electron chi connectivity index (χ1n) is 8.07. The number of amides is 1. The van der Waals surface area contributed by atoms with Crippen LogP contribution in [-0.4, -0.2) is 43.6 Å². The maximum Gasteiger partial charge on any atom is 0.260 e. The molecule has 0 saturated carbocycles. The first kappa shape index (κ1) is 17.1. The summed E-state index contributed by atoms with van der Waals surface area (Å²) in [5.41, 5.74) is 1.68. The highest BCUT2D eigenvalue weighted by molar-refractivity contribution is 6.30. The molecule has 3 rings (SSSR count). The van der Waals surface area contributed by atoms with Crippen molar-refractivity contribution < 1.29 is 9.53 Å². The van der Waals surface area contributed by atoms with Crippen LogP contribution >= 0.6 is 11.6 Å². The highest BCUT2D eigenvalue weighted by Crippen LogP contribution is 2.19. The predicted octanol–water partition coefficient (Wildman–Crippen LogP) is 2.94. The van der Waals surface area contributed by atoms with Gasteiger partial charge in [-0.05, 0) is 48.5 Å². The molecule has 5 nitrogen and oxygen atoms in total. The van der Waals surface area contributed by atoms with Crippen LogP contribution in [0.1, 0.15) is 5.56 Å². The quantitative estimate of drug-likeness (QED) is 0.846. The minimum Gasteiger partial charge on any atom is -0.484 e. The van der Waals surface area contributed by atoms with Crippen molar-refractivity contribution in [2.75, 3.05) is 37.7 Å². The Morgan fingerprint density at radius 2 is 1.68 bits per heavy atom. The van der Waals surface area contributed by atoms with Gasteiger partial charge in [0.15, 0.2) is 6.61 Å². The summed E-state index contributed by atoms with van der Waals surface area (Å²) in [6.07, 6.45) is 0. The second-order valence-corrected chi connectivity index (χ2v) is 6.21. The molecule has 0 unspecified atom stereocenters. The van der Waals surface area contributed by atoms with Crippen LogP contribution in [0.3, 0.4) is 0 Å². The molecular formula is C19H18ClN3O2. The van der Waals surface area contributed by atoms with E-state index in [9.17, 15) is 4.79 Å². The monoisotopic (exact) mass is 355 g/mol. The number of hydrogen-bond donors (Lipinski definition) is 0. The van der Waals surface area contributed by atoms with Crippen LogP contribution in [0.2, 0.25) is 5.02 Å². The van der Waals surface area contributed by atoms with Crippen LogP contribution in [0.4, 0.5) is 5.69 Å². The third-order valence-electron chi connectivity index (χ3n) is 4.17. The molecule has 1 saturated heterocycles. The fourth-order valence-electron chi connectivity index (χ4n) is 2.73. The average Bonchev–Trinajstić information content (AvgIpc) is 2.67. The minimum atomic E-state index is -0.0277. The van der Waals surface area contributed by atoms with Crippen LogP contribution in [0, 0.1) is 11.3 Å². The second-order valence-electron chi connectivity index (χ2n) is 5.77. The molecule has 1 heterocycles. The van der Waals surface area contributed by atoms with Gasteiger partial charge in [-0.2, -0.15) is 5.26 Å². The summed E-state index contributed by atoms with van der Waals surface area (Å²) in [5.74, 6) is 0.562. The number of carbonyl (C=O) groups is 1. The van der Waals surface area contributed by atoms with E-state index in [1.807, 2.05) is 35.2 Å². The van der Waals surface area contributed by atoms with E-state index in [0.29, 0.717) is 24.4 Å². The lowest BCUT2D eigenvalue weighted by molar-refractivity contribution is -0.133. The minimum absolute atomic E-state index is 0.00679. The van der Waals surface area contributed by atoms with Crippen molar-refractivity contribution in [1.82, 2.24) is 4.90 Å². The largest absolute Gasteiger partial charge is 0.484 e. The highest BCUT2D eigenvalue weighted by atomic mass is 35.5. The Labute approximate surface area is 152 Å². The molecule has 25 heavy (non-hydrogen) atoms. The van der Waals surface area contributed by atoms with Crippen LogP contribution < -0.4 is 9.64 Å². The van der Waals surface area contributed by atoms with Gasteiger partial charge in [-0.1, -0.05) is 11.6 Å². The number of carbonyl (C=O) groups excluding carboxylic acids is 1. The van der Waals surface area contributed by atoms with Crippen molar-refractivity contribution in [1.29, 1.82) is 5.26 Å². The van der Waals surface area contributed by atoms with Crippen molar-refractivity contribution in [3.05, 3.63) is 59.1 Å². The molecule has 6 heteroatoms. The van der Waals surface area contributed by atoms with Crippen LogP contribution in [0.25, 0.3) is 0 Å². The summed E-state index contributed by atoms with van der Waals surface area (Å²) in [7, 11) is 0. The normalized spacial score (nSPS) is 14.1. The zero-order valence-corrected chi connectivity index (χ0v) is 14.4. The third kappa shape index (κ3) is 4.43. The number of nitriles is 1. The van der Waals surface area contributed by atoms with Crippen LogP contribution in [-0.2, 0) is 4.79 Å². The topological polar surface area (TPSA) is 56.6 Å². The van der Waals surface area contributed by atoms with E-state index in [-0.39, 0.29) is 12.5 Å². The van der Waals surface area contributed by atoms with Gasteiger partial charge in [-0.25, -0.2) is 0 Å². The SMILES string of the molecule is N#Cc1ccc(OCC(=O)N2CCN(c3ccc(Cl)cc3)CC2)cc1. The number of anilines is 1. The number of piperazine rings is 1. The maximum absolute atomic E-state index is 12.3. The molecule has 0 aliphatic carbocycles. The lowest BCUT2D eigenvalue weighted by atomic mass is 10.2. The second kappa shape index (κ2) is 7.91. The number of hydrogen-bond acceptors (Lipinski definition) is 4. The molecule has 1 fully saturated rings. The molecule has 128 valence electrons. The van der Waals surface area contributed by atoms with Gasteiger partial charge in [-0.3, -0.25) is 4.79 Å². The maximum atomic E-state index is 12.3. The molecule has 1 aliphatic rings. The summed E-state index contributed by atoms with van der Waals surface area (Å²) in [6, 6.07) is 16.5. The van der Waals surface area contributed by atoms with E-state index in [1.54, 1.807) is 24.3 Å². The first-order chi connectivity index (χ1) is 12.2. The van der Waals surface area contributed by atoms with Gasteiger partial charge in [0.1, 0.15) is 5.75 Å². The number of ether oxygens (including phenoxy) is 1. The Bertz CT molecular complexity index is 761. The summed E-state index contributed by atoms with van der Waals surface area (Å²) >= 11 is 5.92. The molecule has 1 amide bonds. The zero-order chi connectivity index (χ0) is 17.6. The molecule has 0 bridgehead atoms. The molecule has 2 aromatic carbocycles. The van der Waals surface area contributed by atoms with Crippen molar-refractivity contribution in [2.24, 2.45) is 0 Å². The van der Waals surface area contributed by atoms with Gasteiger partial charge in [0.25, 0.3) is 5.91 Å². The molecule has 0 aromatic heterocycles. The Kier molecular flexibility index (Phi) is 5.42. The van der Waals surface area contributed by atoms with Crippen LogP contribution in [0.5, 0.6) is 5.75 Å². The number of nitrogens with zero attached hydrogens (tertiary/aromatic N) is 3. The summed E-state index contributed by atoms with van der Waals surface area (Å²) in [5, 5.41) is 9.49. The number of rotatable bonds is 4. The summed E-state index contributed by atoms with van der Waals surface area (Å²) < 4.78 is 5.52. The van der Waals surface area contributed by atoms with E-state index < -0.39 is 0 Å². The van der Waals surface area contributed by atoms with Crippen molar-refractivity contribution in [2.45, 2.75) is 0 Å². The zero-order valence-electron chi connectivity index (χ0n) is 13.7. The van der Waals surface area contributed by atoms with E-state index in [0.717, 1.165) is 23.8 Å². The molecule has 0 atom stereocenters. The van der Waals surface area contributed by atoms with Crippen molar-refractivity contribution in [3.63, 3.8) is 0 Å². The number of halogens is 1. The van der Waals surface area contributed by atoms with Crippen molar-refractivity contribution >= 4 is 23.2 Å². The lowest BCUT2D eigenvalue weighted by Crippen LogP contribution is -2.50. The molecule has 0 N–H and O–H groups in total. The van der Waals surface area contributed by atoms with E-state index in [4.69, 9.17) is 21.6 Å². The van der Waals surface area contributed by atoms with E-state index in [1.165, 1.54) is 0 Å². The van der Waals surface area contributed by atoms with E-state index >= 15 is 0 Å². The standard InChI is InChI=1S/C19H18ClN3O2/c20-16-3-5-17(6-4-16)22-9-11-23(12-10-22)19(24)14-25-18-7-1-15(13-21)2-8-18/h1-8H,9-12,14H2. The van der Waals surface area contributed by atoms with E-state index in [2.05, 4.69) is 4.90 Å². The lowest BCUT2D eigenvalue weighted by Gasteiger charge is -2.36. The van der Waals surface area contributed by atoms with Crippen LogP contribution in [0.15, 0.2) is 48.5 Å². The van der Waals surface area contributed by atoms with Gasteiger partial charge in [0.2, 0.25) is 0 Å². The fourth-order valence-corrected chi connectivity index (χ4v) is 2.85. The fraction of sp³-hybridized carbons (Fsp3) is 0.263. The van der Waals surface area contributed by atoms with Gasteiger partial charge in [0.05, 0.1) is 11.6 Å². The predicted molar refractivity (Wildman–Crippen MR) is 96.9 cm³/mol. The van der Waals surface area contributed by atoms with Gasteiger partial charge < -0.3 is 14.5 Å². The smallest absolute Gasteiger partial charge is 0.260 e. The summed E-state index contributed by atoms with van der Waals surface area (Å²) in [6.45, 7) is 2.90. The van der Waals surface area contributed by atoms with Gasteiger partial charge in [-0.15, -0.1) is 0 Å². The Hall–Kier alpha value is -2.71. The Balaban J connectivity index is 1.48. The molecule has 2 aromatic rings. The molecule has 0 spiro atoms. The molecule has 0 radical (unpaired) electrons. The Morgan fingerprint density at radius 3 is 2.28 bits per heavy atom. The summed E-state index contributed by atoms with van der Waals surface area (Å²) in [4.78, 5) is 16.3. The molecular weight excluding hydrogens is 338 g/mol. The average molecular weight is 356 g/mol. The van der Waals surface area contributed by atoms with Gasteiger partial charge in [0, 0.05) is 36.9 Å². The third-order valence-corrected chi connectivity index (χ3v) is 4.42. The number of benzene rings is 2.